The Labute approximate surface area is 178 Å². The summed E-state index contributed by atoms with van der Waals surface area (Å²) in [6, 6.07) is 25.7. The van der Waals surface area contributed by atoms with Gasteiger partial charge in [-0.05, 0) is 39.8 Å². The van der Waals surface area contributed by atoms with Gasteiger partial charge in [-0.25, -0.2) is 0 Å². The first-order valence-corrected chi connectivity index (χ1v) is 10.0. The largest absolute Gasteiger partial charge is 0.361 e. The molecule has 7 nitrogen and oxygen atoms in total. The van der Waals surface area contributed by atoms with Gasteiger partial charge in [-0.2, -0.15) is 4.68 Å². The van der Waals surface area contributed by atoms with Gasteiger partial charge in [-0.15, -0.1) is 5.10 Å². The Hall–Kier alpha value is -4.26. The summed E-state index contributed by atoms with van der Waals surface area (Å²) in [6.45, 7) is 0.453. The molecular weight excluding hydrogens is 388 g/mol. The summed E-state index contributed by atoms with van der Waals surface area (Å²) in [7, 11) is 0. The van der Waals surface area contributed by atoms with Crippen molar-refractivity contribution in [3.8, 4) is 5.69 Å². The molecule has 0 aliphatic rings. The smallest absolute Gasteiger partial charge is 0.253 e. The van der Waals surface area contributed by atoms with Gasteiger partial charge in [0.2, 0.25) is 0 Å². The number of para-hydroxylation sites is 2. The molecule has 7 heteroatoms. The van der Waals surface area contributed by atoms with E-state index in [2.05, 4.69) is 50.1 Å². The number of hydrogen-bond donors (Lipinski definition) is 2. The Bertz CT molecular complexity index is 1310. The molecule has 3 aromatic carbocycles. The predicted molar refractivity (Wildman–Crippen MR) is 118 cm³/mol. The van der Waals surface area contributed by atoms with E-state index >= 15 is 0 Å². The fourth-order valence-electron chi connectivity index (χ4n) is 3.90. The standard InChI is InChI=1S/C24H20N6O/c31-24(19-11-5-7-13-23(19)30-16-27-28-29-30)26-14-20(17-8-2-1-3-9-17)21-15-25-22-12-6-4-10-18(21)22/h1-13,15-16,20,25H,14H2,(H,26,31). The minimum absolute atomic E-state index is 0.00139. The zero-order chi connectivity index (χ0) is 21.0. The first-order chi connectivity index (χ1) is 15.3. The van der Waals surface area contributed by atoms with Crippen LogP contribution in [0, 0.1) is 0 Å². The van der Waals surface area contributed by atoms with Gasteiger partial charge in [-0.3, -0.25) is 4.79 Å². The van der Waals surface area contributed by atoms with Crippen LogP contribution >= 0.6 is 0 Å². The van der Waals surface area contributed by atoms with Gasteiger partial charge < -0.3 is 10.3 Å². The molecule has 0 aliphatic heterocycles. The monoisotopic (exact) mass is 408 g/mol. The summed E-state index contributed by atoms with van der Waals surface area (Å²) >= 11 is 0. The summed E-state index contributed by atoms with van der Waals surface area (Å²) in [5.74, 6) is -0.173. The molecule has 0 bridgehead atoms. The molecule has 1 atom stereocenters. The van der Waals surface area contributed by atoms with Gasteiger partial charge in [0.25, 0.3) is 5.91 Å². The van der Waals surface area contributed by atoms with E-state index in [-0.39, 0.29) is 11.8 Å². The molecule has 2 N–H and O–H groups in total. The van der Waals surface area contributed by atoms with Crippen LogP contribution in [0.4, 0.5) is 0 Å². The van der Waals surface area contributed by atoms with Crippen LogP contribution in [0.1, 0.15) is 27.4 Å². The van der Waals surface area contributed by atoms with Crippen LogP contribution in [-0.4, -0.2) is 37.6 Å². The minimum atomic E-state index is -0.174. The van der Waals surface area contributed by atoms with Gasteiger partial charge in [0.1, 0.15) is 6.33 Å². The molecule has 0 spiro atoms. The van der Waals surface area contributed by atoms with Crippen molar-refractivity contribution in [2.24, 2.45) is 0 Å². The van der Waals surface area contributed by atoms with E-state index in [4.69, 9.17) is 0 Å². The number of nitrogens with zero attached hydrogens (tertiary/aromatic N) is 4. The third-order valence-electron chi connectivity index (χ3n) is 5.41. The topological polar surface area (TPSA) is 88.5 Å². The normalized spacial score (nSPS) is 12.0. The zero-order valence-electron chi connectivity index (χ0n) is 16.6. The Morgan fingerprint density at radius 3 is 2.58 bits per heavy atom. The molecule has 0 radical (unpaired) electrons. The van der Waals surface area contributed by atoms with Crippen LogP contribution < -0.4 is 5.32 Å². The third kappa shape index (κ3) is 3.69. The Balaban J connectivity index is 1.46. The van der Waals surface area contributed by atoms with Gasteiger partial charge in [0.05, 0.1) is 11.3 Å². The van der Waals surface area contributed by atoms with E-state index in [0.717, 1.165) is 22.0 Å². The second-order valence-corrected chi connectivity index (χ2v) is 7.23. The molecule has 2 heterocycles. The quantitative estimate of drug-likeness (QED) is 0.448. The SMILES string of the molecule is O=C(NCC(c1ccccc1)c1c[nH]c2ccccc12)c1ccccc1-n1cnnn1. The molecular formula is C24H20N6O. The number of benzene rings is 3. The van der Waals surface area contributed by atoms with Gasteiger partial charge >= 0.3 is 0 Å². The number of H-pyrrole nitrogens is 1. The number of fused-ring (bicyclic) bond motifs is 1. The van der Waals surface area contributed by atoms with E-state index in [1.54, 1.807) is 6.07 Å². The molecule has 5 aromatic rings. The van der Waals surface area contributed by atoms with Crippen molar-refractivity contribution in [1.29, 1.82) is 0 Å². The van der Waals surface area contributed by atoms with Crippen LogP contribution in [0.2, 0.25) is 0 Å². The molecule has 0 fully saturated rings. The van der Waals surface area contributed by atoms with Crippen LogP contribution in [-0.2, 0) is 0 Å². The summed E-state index contributed by atoms with van der Waals surface area (Å²) in [5.41, 5.74) is 4.51. The van der Waals surface area contributed by atoms with Gasteiger partial charge in [0, 0.05) is 29.6 Å². The van der Waals surface area contributed by atoms with E-state index in [1.807, 2.05) is 54.7 Å². The predicted octanol–water partition coefficient (Wildman–Crippen LogP) is 3.71. The molecule has 5 rings (SSSR count). The number of carbonyl (C=O) groups is 1. The zero-order valence-corrected chi connectivity index (χ0v) is 16.6. The highest BCUT2D eigenvalue weighted by molar-refractivity contribution is 5.97. The fourth-order valence-corrected chi connectivity index (χ4v) is 3.90. The van der Waals surface area contributed by atoms with Crippen molar-refractivity contribution < 1.29 is 4.79 Å². The maximum atomic E-state index is 13.1. The van der Waals surface area contributed by atoms with Crippen LogP contribution in [0.15, 0.2) is 91.4 Å². The fraction of sp³-hybridized carbons (Fsp3) is 0.0833. The van der Waals surface area contributed by atoms with E-state index < -0.39 is 0 Å². The highest BCUT2D eigenvalue weighted by Gasteiger charge is 2.20. The molecule has 0 aliphatic carbocycles. The number of amides is 1. The lowest BCUT2D eigenvalue weighted by atomic mass is 9.91. The third-order valence-corrected chi connectivity index (χ3v) is 5.41. The number of aromatic amines is 1. The summed E-state index contributed by atoms with van der Waals surface area (Å²) in [6.07, 6.45) is 3.51. The molecule has 1 amide bonds. The Morgan fingerprint density at radius 1 is 0.968 bits per heavy atom. The summed E-state index contributed by atoms with van der Waals surface area (Å²) < 4.78 is 1.49. The van der Waals surface area contributed by atoms with Gasteiger partial charge in [0.15, 0.2) is 0 Å². The Morgan fingerprint density at radius 2 is 1.74 bits per heavy atom. The highest BCUT2D eigenvalue weighted by atomic mass is 16.1. The lowest BCUT2D eigenvalue weighted by molar-refractivity contribution is 0.0952. The number of carbonyl (C=O) groups excluding carboxylic acids is 1. The van der Waals surface area contributed by atoms with E-state index in [9.17, 15) is 4.79 Å². The lowest BCUT2D eigenvalue weighted by Gasteiger charge is -2.19. The highest BCUT2D eigenvalue weighted by Crippen LogP contribution is 2.30. The molecule has 31 heavy (non-hydrogen) atoms. The average molecular weight is 408 g/mol. The van der Waals surface area contributed by atoms with Crippen molar-refractivity contribution >= 4 is 16.8 Å². The minimum Gasteiger partial charge on any atom is -0.361 e. The second kappa shape index (κ2) is 8.23. The number of hydrogen-bond acceptors (Lipinski definition) is 4. The maximum Gasteiger partial charge on any atom is 0.253 e. The number of aromatic nitrogens is 5. The Kier molecular flexibility index (Phi) is 4.98. The van der Waals surface area contributed by atoms with Crippen LogP contribution in [0.5, 0.6) is 0 Å². The average Bonchev–Trinajstić information content (AvgIpc) is 3.51. The van der Waals surface area contributed by atoms with Crippen LogP contribution in [0.3, 0.4) is 0 Å². The first-order valence-electron chi connectivity index (χ1n) is 10.0. The maximum absolute atomic E-state index is 13.1. The summed E-state index contributed by atoms with van der Waals surface area (Å²) in [4.78, 5) is 16.5. The van der Waals surface area contributed by atoms with Crippen molar-refractivity contribution in [1.82, 2.24) is 30.5 Å². The van der Waals surface area contributed by atoms with E-state index in [0.29, 0.717) is 17.8 Å². The van der Waals surface area contributed by atoms with E-state index in [1.165, 1.54) is 11.0 Å². The van der Waals surface area contributed by atoms with Crippen molar-refractivity contribution in [3.63, 3.8) is 0 Å². The second-order valence-electron chi connectivity index (χ2n) is 7.23. The van der Waals surface area contributed by atoms with Crippen molar-refractivity contribution in [2.75, 3.05) is 6.54 Å². The van der Waals surface area contributed by atoms with Crippen LogP contribution in [0.25, 0.3) is 16.6 Å². The molecule has 0 saturated heterocycles. The molecule has 2 aromatic heterocycles. The molecule has 0 saturated carbocycles. The van der Waals surface area contributed by atoms with Gasteiger partial charge in [-0.1, -0.05) is 60.7 Å². The number of nitrogens with one attached hydrogen (secondary N) is 2. The number of tetrazole rings is 1. The lowest BCUT2D eigenvalue weighted by Crippen LogP contribution is -2.29. The summed E-state index contributed by atoms with van der Waals surface area (Å²) in [5, 5.41) is 15.5. The first kappa shape index (κ1) is 18.7. The van der Waals surface area contributed by atoms with Crippen molar-refractivity contribution in [3.05, 3.63) is 108 Å². The number of rotatable bonds is 6. The molecule has 1 unspecified atom stereocenters. The van der Waals surface area contributed by atoms with Crippen molar-refractivity contribution in [2.45, 2.75) is 5.92 Å². The molecule has 152 valence electrons.